The molecule has 0 saturated carbocycles. The van der Waals surface area contributed by atoms with Crippen molar-refractivity contribution in [3.05, 3.63) is 48.0 Å². The topological polar surface area (TPSA) is 84.9 Å². The molecule has 0 aliphatic carbocycles. The minimum atomic E-state index is -3.85. The number of carbonyl (C=O) groups excluding carboxylic acids is 1. The van der Waals surface area contributed by atoms with Gasteiger partial charge in [0.1, 0.15) is 0 Å². The first-order chi connectivity index (χ1) is 13.9. The summed E-state index contributed by atoms with van der Waals surface area (Å²) in [7, 11) is -2.47. The Morgan fingerprint density at radius 2 is 1.76 bits per heavy atom. The highest BCUT2D eigenvalue weighted by Gasteiger charge is 2.25. The molecule has 1 aliphatic heterocycles. The smallest absolute Gasteiger partial charge is 0.243 e. The largest absolute Gasteiger partial charge is 0.490 e. The highest BCUT2D eigenvalue weighted by molar-refractivity contribution is 7.89. The summed E-state index contributed by atoms with van der Waals surface area (Å²) in [5.74, 6) is 0.510. The summed E-state index contributed by atoms with van der Waals surface area (Å²) in [6, 6.07) is 12.0. The van der Waals surface area contributed by atoms with Crippen LogP contribution in [0.5, 0.6) is 11.5 Å². The molecule has 0 bridgehead atoms. The number of aryl methyl sites for hydroxylation is 1. The molecule has 0 fully saturated rings. The number of hydrogen-bond acceptors (Lipinski definition) is 5. The number of rotatable bonds is 7. The fourth-order valence-corrected chi connectivity index (χ4v) is 4.16. The third-order valence-electron chi connectivity index (χ3n) is 4.57. The number of nitrogens with one attached hydrogen (secondary N) is 1. The van der Waals surface area contributed by atoms with Gasteiger partial charge in [-0.05, 0) is 36.2 Å². The lowest BCUT2D eigenvalue weighted by Crippen LogP contribution is -2.35. The van der Waals surface area contributed by atoms with E-state index in [1.54, 1.807) is 6.07 Å². The highest BCUT2D eigenvalue weighted by Crippen LogP contribution is 2.32. The fourth-order valence-electron chi connectivity index (χ4n) is 3.02. The first-order valence-electron chi connectivity index (χ1n) is 9.65. The van der Waals surface area contributed by atoms with Crippen molar-refractivity contribution in [2.24, 2.45) is 0 Å². The summed E-state index contributed by atoms with van der Waals surface area (Å²) < 4.78 is 37.8. The van der Waals surface area contributed by atoms with Crippen molar-refractivity contribution >= 4 is 21.6 Å². The van der Waals surface area contributed by atoms with E-state index in [1.165, 1.54) is 24.7 Å². The maximum atomic E-state index is 12.9. The van der Waals surface area contributed by atoms with Gasteiger partial charge >= 0.3 is 0 Å². The fraction of sp³-hybridized carbons (Fsp3) is 0.381. The molecular weight excluding hydrogens is 392 g/mol. The van der Waals surface area contributed by atoms with E-state index in [1.807, 2.05) is 24.3 Å². The number of anilines is 1. The Bertz CT molecular complexity index is 958. The number of hydrogen-bond donors (Lipinski definition) is 1. The van der Waals surface area contributed by atoms with Gasteiger partial charge in [-0.15, -0.1) is 0 Å². The lowest BCUT2D eigenvalue weighted by atomic mass is 10.1. The van der Waals surface area contributed by atoms with Crippen molar-refractivity contribution in [1.29, 1.82) is 0 Å². The summed E-state index contributed by atoms with van der Waals surface area (Å²) in [6.45, 7) is 2.80. The molecule has 7 nitrogen and oxygen atoms in total. The van der Waals surface area contributed by atoms with E-state index < -0.39 is 15.9 Å². The normalized spacial score (nSPS) is 13.8. The zero-order valence-corrected chi connectivity index (χ0v) is 17.5. The Balaban J connectivity index is 1.66. The van der Waals surface area contributed by atoms with E-state index in [4.69, 9.17) is 9.47 Å². The summed E-state index contributed by atoms with van der Waals surface area (Å²) in [4.78, 5) is 12.4. The molecule has 1 heterocycles. The third-order valence-corrected chi connectivity index (χ3v) is 6.37. The van der Waals surface area contributed by atoms with Gasteiger partial charge in [0.05, 0.1) is 24.7 Å². The van der Waals surface area contributed by atoms with Gasteiger partial charge in [-0.3, -0.25) is 4.79 Å². The second kappa shape index (κ2) is 9.28. The number of likely N-dealkylation sites (N-methyl/N-ethyl adjacent to an activating group) is 1. The van der Waals surface area contributed by atoms with Crippen LogP contribution in [0, 0.1) is 0 Å². The van der Waals surface area contributed by atoms with Crippen molar-refractivity contribution < 1.29 is 22.7 Å². The molecule has 0 atom stereocenters. The van der Waals surface area contributed by atoms with E-state index in [0.29, 0.717) is 30.4 Å². The van der Waals surface area contributed by atoms with Crippen LogP contribution in [0.1, 0.15) is 25.3 Å². The van der Waals surface area contributed by atoms with Crippen molar-refractivity contribution in [3.63, 3.8) is 0 Å². The quantitative estimate of drug-likeness (QED) is 0.747. The van der Waals surface area contributed by atoms with Crippen molar-refractivity contribution in [2.45, 2.75) is 31.1 Å². The summed E-state index contributed by atoms with van der Waals surface area (Å²) in [5.41, 5.74) is 1.83. The van der Waals surface area contributed by atoms with Crippen LogP contribution in [-0.2, 0) is 21.2 Å². The number of carbonyl (C=O) groups is 1. The van der Waals surface area contributed by atoms with Gasteiger partial charge in [0, 0.05) is 25.2 Å². The molecule has 2 aromatic carbocycles. The van der Waals surface area contributed by atoms with Crippen molar-refractivity contribution in [1.82, 2.24) is 4.31 Å². The third kappa shape index (κ3) is 5.27. The van der Waals surface area contributed by atoms with Crippen LogP contribution in [0.2, 0.25) is 0 Å². The van der Waals surface area contributed by atoms with Gasteiger partial charge in [-0.2, -0.15) is 4.31 Å². The van der Waals surface area contributed by atoms with Gasteiger partial charge in [0.25, 0.3) is 0 Å². The number of sulfonamides is 1. The van der Waals surface area contributed by atoms with E-state index in [-0.39, 0.29) is 11.4 Å². The Kier molecular flexibility index (Phi) is 6.76. The monoisotopic (exact) mass is 418 g/mol. The summed E-state index contributed by atoms with van der Waals surface area (Å²) in [6.07, 6.45) is 2.76. The molecule has 156 valence electrons. The zero-order valence-electron chi connectivity index (χ0n) is 16.7. The standard InChI is InChI=1S/C21H26N2O5S/c1-3-5-16-6-8-17(9-7-16)22-21(24)15-23(2)29(25,26)18-10-11-19-20(14-18)28-13-4-12-27-19/h6-11,14H,3-5,12-13,15H2,1-2H3,(H,22,24). The predicted octanol–water partition coefficient (Wildman–Crippen LogP) is 3.06. The molecule has 1 amide bonds. The number of amides is 1. The van der Waals surface area contributed by atoms with Crippen LogP contribution in [0.4, 0.5) is 5.69 Å². The van der Waals surface area contributed by atoms with Gasteiger partial charge in [0.2, 0.25) is 15.9 Å². The van der Waals surface area contributed by atoms with Crippen LogP contribution in [-0.4, -0.2) is 45.4 Å². The summed E-state index contributed by atoms with van der Waals surface area (Å²) >= 11 is 0. The van der Waals surface area contributed by atoms with E-state index in [2.05, 4.69) is 12.2 Å². The first-order valence-corrected chi connectivity index (χ1v) is 11.1. The van der Waals surface area contributed by atoms with Crippen molar-refractivity contribution in [3.8, 4) is 11.5 Å². The van der Waals surface area contributed by atoms with Gasteiger partial charge < -0.3 is 14.8 Å². The van der Waals surface area contributed by atoms with Crippen LogP contribution < -0.4 is 14.8 Å². The minimum absolute atomic E-state index is 0.0565. The molecule has 3 rings (SSSR count). The molecule has 0 spiro atoms. The second-order valence-corrected chi connectivity index (χ2v) is 8.96. The predicted molar refractivity (Wildman–Crippen MR) is 111 cm³/mol. The van der Waals surface area contributed by atoms with E-state index >= 15 is 0 Å². The molecule has 0 saturated heterocycles. The molecule has 0 aromatic heterocycles. The number of nitrogens with zero attached hydrogens (tertiary/aromatic N) is 1. The highest BCUT2D eigenvalue weighted by atomic mass is 32.2. The molecule has 0 radical (unpaired) electrons. The maximum absolute atomic E-state index is 12.9. The Hall–Kier alpha value is -2.58. The van der Waals surface area contributed by atoms with Crippen LogP contribution in [0.25, 0.3) is 0 Å². The van der Waals surface area contributed by atoms with Gasteiger partial charge in [0.15, 0.2) is 11.5 Å². The summed E-state index contributed by atoms with van der Waals surface area (Å²) in [5, 5.41) is 2.73. The average Bonchev–Trinajstić information content (AvgIpc) is 2.94. The molecule has 1 N–H and O–H groups in total. The van der Waals surface area contributed by atoms with Crippen LogP contribution >= 0.6 is 0 Å². The average molecular weight is 419 g/mol. The maximum Gasteiger partial charge on any atom is 0.243 e. The lowest BCUT2D eigenvalue weighted by molar-refractivity contribution is -0.116. The molecule has 1 aliphatic rings. The Morgan fingerprint density at radius 3 is 2.45 bits per heavy atom. The molecular formula is C21H26N2O5S. The number of benzene rings is 2. The molecule has 2 aromatic rings. The van der Waals surface area contributed by atoms with Gasteiger partial charge in [-0.25, -0.2) is 8.42 Å². The van der Waals surface area contributed by atoms with E-state index in [0.717, 1.165) is 23.6 Å². The zero-order chi connectivity index (χ0) is 20.9. The molecule has 0 unspecified atom stereocenters. The lowest BCUT2D eigenvalue weighted by Gasteiger charge is -2.18. The van der Waals surface area contributed by atoms with E-state index in [9.17, 15) is 13.2 Å². The van der Waals surface area contributed by atoms with Crippen LogP contribution in [0.3, 0.4) is 0 Å². The molecule has 8 heteroatoms. The van der Waals surface area contributed by atoms with Crippen LogP contribution in [0.15, 0.2) is 47.4 Å². The SMILES string of the molecule is CCCc1ccc(NC(=O)CN(C)S(=O)(=O)c2ccc3c(c2)OCCCO3)cc1. The minimum Gasteiger partial charge on any atom is -0.490 e. The number of fused-ring (bicyclic) bond motifs is 1. The van der Waals surface area contributed by atoms with Crippen molar-refractivity contribution in [2.75, 3.05) is 32.1 Å². The first kappa shape index (κ1) is 21.1. The second-order valence-electron chi connectivity index (χ2n) is 6.92. The number of ether oxygens (including phenoxy) is 2. The Labute approximate surface area is 171 Å². The molecule has 29 heavy (non-hydrogen) atoms. The van der Waals surface area contributed by atoms with Gasteiger partial charge in [-0.1, -0.05) is 25.5 Å². The Morgan fingerprint density at radius 1 is 1.07 bits per heavy atom.